The van der Waals surface area contributed by atoms with Gasteiger partial charge in [0.15, 0.2) is 0 Å². The van der Waals surface area contributed by atoms with Crippen LogP contribution in [0.15, 0.2) is 41.5 Å². The Morgan fingerprint density at radius 3 is 2.54 bits per heavy atom. The summed E-state index contributed by atoms with van der Waals surface area (Å²) in [5.41, 5.74) is 5.86. The molecule has 0 saturated carbocycles. The molecule has 0 spiro atoms. The number of aryl methyl sites for hydroxylation is 1. The summed E-state index contributed by atoms with van der Waals surface area (Å²) in [7, 11) is 0. The first-order valence-electron chi connectivity index (χ1n) is 8.00. The van der Waals surface area contributed by atoms with Gasteiger partial charge in [-0.15, -0.1) is 0 Å². The van der Waals surface area contributed by atoms with Crippen molar-refractivity contribution < 1.29 is 9.59 Å². The minimum atomic E-state index is -0.359. The van der Waals surface area contributed by atoms with Crippen LogP contribution < -0.4 is 10.7 Å². The zero-order valence-electron chi connectivity index (χ0n) is 14.5. The number of hydrogen-bond acceptors (Lipinski definition) is 3. The normalized spacial score (nSPS) is 10.8. The second-order valence-electron chi connectivity index (χ2n) is 5.75. The number of rotatable bonds is 6. The molecule has 0 saturated heterocycles. The Hall–Kier alpha value is -2.37. The van der Waals surface area contributed by atoms with Crippen molar-refractivity contribution in [2.75, 3.05) is 5.32 Å². The van der Waals surface area contributed by atoms with E-state index in [1.165, 1.54) is 6.21 Å². The fourth-order valence-electron chi connectivity index (χ4n) is 2.16. The predicted molar refractivity (Wildman–Crippen MR) is 106 cm³/mol. The Morgan fingerprint density at radius 2 is 1.81 bits per heavy atom. The van der Waals surface area contributed by atoms with Crippen LogP contribution in [0.5, 0.6) is 0 Å². The second-order valence-corrected chi connectivity index (χ2v) is 6.60. The van der Waals surface area contributed by atoms with Crippen molar-refractivity contribution in [3.8, 4) is 0 Å². The minimum Gasteiger partial charge on any atom is -0.326 e. The van der Waals surface area contributed by atoms with Crippen molar-refractivity contribution in [3.05, 3.63) is 63.1 Å². The number of hydrazone groups is 1. The van der Waals surface area contributed by atoms with Gasteiger partial charge in [-0.2, -0.15) is 5.10 Å². The van der Waals surface area contributed by atoms with E-state index >= 15 is 0 Å². The molecule has 26 heavy (non-hydrogen) atoms. The van der Waals surface area contributed by atoms with Crippen molar-refractivity contribution >= 4 is 46.9 Å². The van der Waals surface area contributed by atoms with Crippen LogP contribution in [0.1, 0.15) is 29.5 Å². The van der Waals surface area contributed by atoms with Crippen LogP contribution in [0.25, 0.3) is 0 Å². The Kier molecular flexibility index (Phi) is 7.18. The molecule has 2 rings (SSSR count). The molecular weight excluding hydrogens is 373 g/mol. The lowest BCUT2D eigenvalue weighted by atomic mass is 10.1. The Morgan fingerprint density at radius 1 is 1.08 bits per heavy atom. The molecule has 0 fully saturated rings. The zero-order valence-corrected chi connectivity index (χ0v) is 16.0. The van der Waals surface area contributed by atoms with E-state index < -0.39 is 0 Å². The van der Waals surface area contributed by atoms with Crippen molar-refractivity contribution in [1.29, 1.82) is 0 Å². The first-order valence-corrected chi connectivity index (χ1v) is 8.75. The maximum absolute atomic E-state index is 12.0. The number of nitrogens with one attached hydrogen (secondary N) is 2. The fourth-order valence-corrected chi connectivity index (χ4v) is 2.62. The SMILES string of the molecule is Cc1cccc(NC(=O)CCC(=O)NN=Cc2ccc(Cl)cc2Cl)c1C. The molecule has 5 nitrogen and oxygen atoms in total. The van der Waals surface area contributed by atoms with Gasteiger partial charge >= 0.3 is 0 Å². The van der Waals surface area contributed by atoms with Crippen LogP contribution in [0.4, 0.5) is 5.69 Å². The van der Waals surface area contributed by atoms with Crippen LogP contribution in [0, 0.1) is 13.8 Å². The number of halogens is 2. The van der Waals surface area contributed by atoms with Gasteiger partial charge in [0.1, 0.15) is 0 Å². The van der Waals surface area contributed by atoms with Crippen molar-refractivity contribution in [2.24, 2.45) is 5.10 Å². The molecule has 0 atom stereocenters. The van der Waals surface area contributed by atoms with Gasteiger partial charge in [-0.05, 0) is 43.2 Å². The van der Waals surface area contributed by atoms with Gasteiger partial charge in [-0.25, -0.2) is 5.43 Å². The molecule has 136 valence electrons. The molecule has 0 heterocycles. The number of anilines is 1. The van der Waals surface area contributed by atoms with Crippen LogP contribution in [-0.2, 0) is 9.59 Å². The van der Waals surface area contributed by atoms with Gasteiger partial charge in [0.05, 0.1) is 11.2 Å². The molecular formula is C19H19Cl2N3O2. The van der Waals surface area contributed by atoms with Gasteiger partial charge in [0.2, 0.25) is 11.8 Å². The lowest BCUT2D eigenvalue weighted by Gasteiger charge is -2.10. The summed E-state index contributed by atoms with van der Waals surface area (Å²) in [6, 6.07) is 10.6. The highest BCUT2D eigenvalue weighted by molar-refractivity contribution is 6.36. The molecule has 0 aromatic heterocycles. The van der Waals surface area contributed by atoms with Crippen molar-refractivity contribution in [1.82, 2.24) is 5.43 Å². The Balaban J connectivity index is 1.80. The Bertz CT molecular complexity index is 851. The summed E-state index contributed by atoms with van der Waals surface area (Å²) in [4.78, 5) is 23.8. The zero-order chi connectivity index (χ0) is 19.1. The summed E-state index contributed by atoms with van der Waals surface area (Å²) in [6.45, 7) is 3.91. The van der Waals surface area contributed by atoms with E-state index in [2.05, 4.69) is 15.8 Å². The maximum Gasteiger partial charge on any atom is 0.240 e. The average molecular weight is 392 g/mol. The molecule has 0 unspecified atom stereocenters. The summed E-state index contributed by atoms with van der Waals surface area (Å²) < 4.78 is 0. The topological polar surface area (TPSA) is 70.6 Å². The number of carbonyl (C=O) groups is 2. The lowest BCUT2D eigenvalue weighted by molar-refractivity contribution is -0.124. The number of nitrogens with zero attached hydrogens (tertiary/aromatic N) is 1. The Labute approximate surface area is 162 Å². The van der Waals surface area contributed by atoms with Gasteiger partial charge in [-0.1, -0.05) is 41.4 Å². The molecule has 0 aliphatic rings. The maximum atomic E-state index is 12.0. The first kappa shape index (κ1) is 19.9. The summed E-state index contributed by atoms with van der Waals surface area (Å²) in [6.07, 6.45) is 1.52. The molecule has 7 heteroatoms. The highest BCUT2D eigenvalue weighted by atomic mass is 35.5. The third-order valence-corrected chi connectivity index (χ3v) is 4.38. The predicted octanol–water partition coefficient (Wildman–Crippen LogP) is 4.48. The van der Waals surface area contributed by atoms with E-state index in [-0.39, 0.29) is 24.7 Å². The largest absolute Gasteiger partial charge is 0.326 e. The van der Waals surface area contributed by atoms with E-state index in [4.69, 9.17) is 23.2 Å². The van der Waals surface area contributed by atoms with E-state index in [1.54, 1.807) is 18.2 Å². The second kappa shape index (κ2) is 9.36. The first-order chi connectivity index (χ1) is 12.4. The van der Waals surface area contributed by atoms with Gasteiger partial charge in [0, 0.05) is 29.1 Å². The summed E-state index contributed by atoms with van der Waals surface area (Å²) in [5, 5.41) is 7.60. The standard InChI is InChI=1S/C19H19Cl2N3O2/c1-12-4-3-5-17(13(12)2)23-18(25)8-9-19(26)24-22-11-14-6-7-15(20)10-16(14)21/h3-7,10-11H,8-9H2,1-2H3,(H,23,25)(H,24,26). The lowest BCUT2D eigenvalue weighted by Crippen LogP contribution is -2.21. The molecule has 0 aliphatic carbocycles. The smallest absolute Gasteiger partial charge is 0.240 e. The van der Waals surface area contributed by atoms with Gasteiger partial charge in [0.25, 0.3) is 0 Å². The molecule has 0 aliphatic heterocycles. The van der Waals surface area contributed by atoms with Crippen LogP contribution >= 0.6 is 23.2 Å². The van der Waals surface area contributed by atoms with Gasteiger partial charge < -0.3 is 5.32 Å². The monoisotopic (exact) mass is 391 g/mol. The molecule has 2 amide bonds. The highest BCUT2D eigenvalue weighted by Crippen LogP contribution is 2.19. The van der Waals surface area contributed by atoms with Crippen LogP contribution in [-0.4, -0.2) is 18.0 Å². The molecule has 2 N–H and O–H groups in total. The van der Waals surface area contributed by atoms with Crippen molar-refractivity contribution in [2.45, 2.75) is 26.7 Å². The third-order valence-electron chi connectivity index (χ3n) is 3.81. The van der Waals surface area contributed by atoms with E-state index in [9.17, 15) is 9.59 Å². The third kappa shape index (κ3) is 5.86. The van der Waals surface area contributed by atoms with Crippen LogP contribution in [0.2, 0.25) is 10.0 Å². The average Bonchev–Trinajstić information content (AvgIpc) is 2.59. The van der Waals surface area contributed by atoms with E-state index in [0.29, 0.717) is 15.6 Å². The minimum absolute atomic E-state index is 0.0301. The van der Waals surface area contributed by atoms with E-state index in [0.717, 1.165) is 16.8 Å². The number of amides is 2. The quantitative estimate of drug-likeness (QED) is 0.562. The number of carbonyl (C=O) groups excluding carboxylic acids is 2. The fraction of sp³-hybridized carbons (Fsp3) is 0.211. The van der Waals surface area contributed by atoms with Crippen LogP contribution in [0.3, 0.4) is 0 Å². The highest BCUT2D eigenvalue weighted by Gasteiger charge is 2.09. The summed E-state index contributed by atoms with van der Waals surface area (Å²) >= 11 is 11.8. The summed E-state index contributed by atoms with van der Waals surface area (Å²) in [5.74, 6) is -0.582. The van der Waals surface area contributed by atoms with Crippen molar-refractivity contribution in [3.63, 3.8) is 0 Å². The molecule has 0 bridgehead atoms. The molecule has 2 aromatic rings. The number of hydrogen-bond donors (Lipinski definition) is 2. The van der Waals surface area contributed by atoms with Gasteiger partial charge in [-0.3, -0.25) is 9.59 Å². The number of benzene rings is 2. The molecule has 2 aromatic carbocycles. The molecule has 0 radical (unpaired) electrons. The van der Waals surface area contributed by atoms with E-state index in [1.807, 2.05) is 32.0 Å².